The van der Waals surface area contributed by atoms with Gasteiger partial charge in [0.1, 0.15) is 6.10 Å². The summed E-state index contributed by atoms with van der Waals surface area (Å²) in [5, 5.41) is 0. The lowest BCUT2D eigenvalue weighted by Gasteiger charge is -2.26. The molecule has 3 heterocycles. The maximum atomic E-state index is 12.0. The number of ketones is 1. The summed E-state index contributed by atoms with van der Waals surface area (Å²) in [6, 6.07) is 6.79. The molecule has 0 aliphatic carbocycles. The van der Waals surface area contributed by atoms with Gasteiger partial charge in [-0.2, -0.15) is 0 Å². The summed E-state index contributed by atoms with van der Waals surface area (Å²) in [6.45, 7) is 0.326. The van der Waals surface area contributed by atoms with E-state index in [4.69, 9.17) is 13.9 Å². The highest BCUT2D eigenvalue weighted by atomic mass is 16.7. The van der Waals surface area contributed by atoms with Crippen molar-refractivity contribution in [1.29, 1.82) is 0 Å². The molecular weight excluding hydrogens is 250 g/mol. The highest BCUT2D eigenvalue weighted by Crippen LogP contribution is 2.33. The van der Waals surface area contributed by atoms with Crippen molar-refractivity contribution < 1.29 is 18.7 Å². The lowest BCUT2D eigenvalue weighted by molar-refractivity contribution is -0.156. The predicted octanol–water partition coefficient (Wildman–Crippen LogP) is 0.850. The molecule has 3 unspecified atom stereocenters. The Labute approximate surface area is 107 Å². The number of ether oxygens (including phenoxy) is 2. The standard InChI is InChI=1S/C13H11NO5/c15-9-5-8(11-6-17-12(9)18-11)14-7-3-1-2-4-10(7)19-13(14)16/h1-4,8,11-12H,5-6H2. The molecule has 1 aromatic carbocycles. The van der Waals surface area contributed by atoms with Crippen molar-refractivity contribution in [1.82, 2.24) is 4.57 Å². The molecule has 0 N–H and O–H groups in total. The van der Waals surface area contributed by atoms with E-state index in [1.54, 1.807) is 18.2 Å². The minimum atomic E-state index is -0.755. The fourth-order valence-corrected chi connectivity index (χ4v) is 2.78. The molecule has 2 aliphatic heterocycles. The molecule has 2 aromatic rings. The molecule has 2 aliphatic rings. The van der Waals surface area contributed by atoms with E-state index in [1.165, 1.54) is 4.57 Å². The first-order chi connectivity index (χ1) is 9.24. The van der Waals surface area contributed by atoms with E-state index in [9.17, 15) is 9.59 Å². The molecule has 0 radical (unpaired) electrons. The van der Waals surface area contributed by atoms with Gasteiger partial charge < -0.3 is 13.9 Å². The van der Waals surface area contributed by atoms with E-state index in [0.29, 0.717) is 17.7 Å². The molecule has 0 saturated carbocycles. The zero-order chi connectivity index (χ0) is 13.0. The summed E-state index contributed by atoms with van der Waals surface area (Å²) in [7, 11) is 0. The number of carbonyl (C=O) groups excluding carboxylic acids is 1. The second kappa shape index (κ2) is 3.79. The Kier molecular flexibility index (Phi) is 2.18. The monoisotopic (exact) mass is 261 g/mol. The molecule has 2 fully saturated rings. The number of nitrogens with zero attached hydrogens (tertiary/aromatic N) is 1. The second-order valence-electron chi connectivity index (χ2n) is 4.78. The third-order valence-corrected chi connectivity index (χ3v) is 3.66. The van der Waals surface area contributed by atoms with Crippen molar-refractivity contribution in [3.63, 3.8) is 0 Å². The van der Waals surface area contributed by atoms with Gasteiger partial charge in [-0.15, -0.1) is 0 Å². The van der Waals surface area contributed by atoms with Crippen LogP contribution in [0.25, 0.3) is 11.1 Å². The lowest BCUT2D eigenvalue weighted by Crippen LogP contribution is -2.39. The maximum Gasteiger partial charge on any atom is 0.420 e. The molecule has 1 aromatic heterocycles. The molecule has 3 atom stereocenters. The van der Waals surface area contributed by atoms with Crippen LogP contribution in [0.4, 0.5) is 0 Å². The van der Waals surface area contributed by atoms with E-state index in [1.807, 2.05) is 6.07 Å². The van der Waals surface area contributed by atoms with E-state index in [-0.39, 0.29) is 24.3 Å². The Morgan fingerprint density at radius 3 is 2.95 bits per heavy atom. The second-order valence-corrected chi connectivity index (χ2v) is 4.78. The number of carbonyl (C=O) groups is 1. The molecule has 98 valence electrons. The van der Waals surface area contributed by atoms with Crippen LogP contribution in [-0.4, -0.2) is 29.4 Å². The van der Waals surface area contributed by atoms with Gasteiger partial charge in [0.25, 0.3) is 0 Å². The minimum absolute atomic E-state index is 0.129. The van der Waals surface area contributed by atoms with Crippen LogP contribution in [0.3, 0.4) is 0 Å². The Morgan fingerprint density at radius 2 is 2.05 bits per heavy atom. The van der Waals surface area contributed by atoms with Crippen LogP contribution in [0.1, 0.15) is 12.5 Å². The smallest absolute Gasteiger partial charge is 0.408 e. The SMILES string of the molecule is O=C1CC(n2c(=O)oc3ccccc32)C2COC1O2. The Balaban J connectivity index is 1.88. The maximum absolute atomic E-state index is 12.0. The van der Waals surface area contributed by atoms with Crippen LogP contribution in [0.15, 0.2) is 33.5 Å². The number of hydrogen-bond donors (Lipinski definition) is 0. The molecular formula is C13H11NO5. The van der Waals surface area contributed by atoms with Gasteiger partial charge in [0, 0.05) is 6.42 Å². The zero-order valence-corrected chi connectivity index (χ0v) is 9.94. The average molecular weight is 261 g/mol. The first-order valence-electron chi connectivity index (χ1n) is 6.14. The largest absolute Gasteiger partial charge is 0.420 e. The third-order valence-electron chi connectivity index (χ3n) is 3.66. The van der Waals surface area contributed by atoms with Crippen LogP contribution < -0.4 is 5.76 Å². The van der Waals surface area contributed by atoms with Crippen molar-refractivity contribution in [3.8, 4) is 0 Å². The zero-order valence-electron chi connectivity index (χ0n) is 9.94. The number of oxazole rings is 1. The summed E-state index contributed by atoms with van der Waals surface area (Å²) in [6.07, 6.45) is -0.796. The third kappa shape index (κ3) is 1.50. The Hall–Kier alpha value is -1.92. The quantitative estimate of drug-likeness (QED) is 0.761. The summed E-state index contributed by atoms with van der Waals surface area (Å²) in [5.41, 5.74) is 1.19. The van der Waals surface area contributed by atoms with Gasteiger partial charge in [0.2, 0.25) is 6.29 Å². The Morgan fingerprint density at radius 1 is 1.21 bits per heavy atom. The van der Waals surface area contributed by atoms with Crippen molar-refractivity contribution >= 4 is 16.9 Å². The molecule has 19 heavy (non-hydrogen) atoms. The summed E-state index contributed by atoms with van der Waals surface area (Å²) in [4.78, 5) is 23.8. The Bertz CT molecular complexity index is 715. The fraction of sp³-hybridized carbons (Fsp3) is 0.385. The molecule has 0 amide bonds. The van der Waals surface area contributed by atoms with E-state index < -0.39 is 12.0 Å². The van der Waals surface area contributed by atoms with E-state index in [0.717, 1.165) is 0 Å². The van der Waals surface area contributed by atoms with Crippen molar-refractivity contribution in [2.75, 3.05) is 6.61 Å². The first-order valence-corrected chi connectivity index (χ1v) is 6.14. The van der Waals surface area contributed by atoms with Gasteiger partial charge in [-0.05, 0) is 12.1 Å². The number of hydrogen-bond acceptors (Lipinski definition) is 5. The molecule has 2 saturated heterocycles. The van der Waals surface area contributed by atoms with Gasteiger partial charge in [-0.1, -0.05) is 12.1 Å². The molecule has 6 heteroatoms. The number of para-hydroxylation sites is 2. The molecule has 0 spiro atoms. The number of fused-ring (bicyclic) bond motifs is 3. The summed E-state index contributed by atoms with van der Waals surface area (Å²) >= 11 is 0. The van der Waals surface area contributed by atoms with Crippen LogP contribution in [0.5, 0.6) is 0 Å². The van der Waals surface area contributed by atoms with E-state index >= 15 is 0 Å². The van der Waals surface area contributed by atoms with Crippen LogP contribution in [-0.2, 0) is 14.3 Å². The summed E-state index contributed by atoms with van der Waals surface area (Å²) < 4.78 is 17.4. The van der Waals surface area contributed by atoms with Gasteiger partial charge in [-0.25, -0.2) is 4.79 Å². The fourth-order valence-electron chi connectivity index (χ4n) is 2.78. The average Bonchev–Trinajstić information content (AvgIpc) is 2.96. The van der Waals surface area contributed by atoms with Gasteiger partial charge in [0.05, 0.1) is 18.2 Å². The highest BCUT2D eigenvalue weighted by Gasteiger charge is 2.45. The first kappa shape index (κ1) is 11.0. The van der Waals surface area contributed by atoms with Gasteiger partial charge >= 0.3 is 5.76 Å². The normalized spacial score (nSPS) is 30.1. The number of benzene rings is 1. The highest BCUT2D eigenvalue weighted by molar-refractivity contribution is 5.84. The van der Waals surface area contributed by atoms with Crippen molar-refractivity contribution in [2.45, 2.75) is 24.9 Å². The number of rotatable bonds is 1. The lowest BCUT2D eigenvalue weighted by atomic mass is 10.0. The molecule has 6 nitrogen and oxygen atoms in total. The van der Waals surface area contributed by atoms with E-state index in [2.05, 4.69) is 0 Å². The number of Topliss-reactive ketones (excluding diaryl/α,β-unsaturated/α-hetero) is 1. The predicted molar refractivity (Wildman–Crippen MR) is 63.7 cm³/mol. The van der Waals surface area contributed by atoms with Crippen LogP contribution in [0, 0.1) is 0 Å². The van der Waals surface area contributed by atoms with Crippen molar-refractivity contribution in [3.05, 3.63) is 34.8 Å². The minimum Gasteiger partial charge on any atom is -0.408 e. The number of aromatic nitrogens is 1. The topological polar surface area (TPSA) is 70.7 Å². The van der Waals surface area contributed by atoms with Crippen molar-refractivity contribution in [2.24, 2.45) is 0 Å². The molecule has 4 rings (SSSR count). The van der Waals surface area contributed by atoms with Crippen LogP contribution >= 0.6 is 0 Å². The molecule has 2 bridgehead atoms. The summed E-state index contributed by atoms with van der Waals surface area (Å²) in [5.74, 6) is -0.594. The van der Waals surface area contributed by atoms with Crippen LogP contribution in [0.2, 0.25) is 0 Å². The van der Waals surface area contributed by atoms with Gasteiger partial charge in [-0.3, -0.25) is 9.36 Å². The van der Waals surface area contributed by atoms with Gasteiger partial charge in [0.15, 0.2) is 11.4 Å².